The van der Waals surface area contributed by atoms with Gasteiger partial charge in [-0.2, -0.15) is 0 Å². The van der Waals surface area contributed by atoms with Crippen molar-refractivity contribution in [1.29, 1.82) is 0 Å². The maximum atomic E-state index is 3.93. The van der Waals surface area contributed by atoms with Crippen molar-refractivity contribution in [3.05, 3.63) is 8.95 Å². The Morgan fingerprint density at radius 2 is 0.952 bits per heavy atom. The maximum absolute atomic E-state index is 3.93. The summed E-state index contributed by atoms with van der Waals surface area (Å²) in [7, 11) is -2.57. The third-order valence-electron chi connectivity index (χ3n) is 3.43. The average Bonchev–Trinajstić information content (AvgIpc) is 2.88. The van der Waals surface area contributed by atoms with Gasteiger partial charge in [0.25, 0.3) is 0 Å². The van der Waals surface area contributed by atoms with Gasteiger partial charge in [-0.25, -0.2) is 0 Å². The van der Waals surface area contributed by atoms with E-state index in [4.69, 9.17) is 0 Å². The molecule has 0 unspecified atom stereocenters. The summed E-state index contributed by atoms with van der Waals surface area (Å²) in [5.41, 5.74) is 0. The zero-order chi connectivity index (χ0) is 15.7. The summed E-state index contributed by atoms with van der Waals surface area (Å²) in [6, 6.07) is 0. The van der Waals surface area contributed by atoms with Crippen molar-refractivity contribution in [1.82, 2.24) is 0 Å². The molecular formula is C14H18Br2S3Si2. The van der Waals surface area contributed by atoms with Crippen LogP contribution in [0, 0.1) is 0 Å². The molecule has 0 radical (unpaired) electrons. The molecule has 0 aliphatic rings. The number of hydrogen-bond donors (Lipinski definition) is 0. The molecule has 3 aromatic rings. The Balaban J connectivity index is 2.39. The lowest BCUT2D eigenvalue weighted by atomic mass is 10.3. The Labute approximate surface area is 156 Å². The quantitative estimate of drug-likeness (QED) is 0.341. The first-order valence-corrected chi connectivity index (χ1v) is 17.9. The van der Waals surface area contributed by atoms with E-state index in [-0.39, 0.29) is 0 Å². The van der Waals surface area contributed by atoms with Gasteiger partial charge in [0, 0.05) is 28.7 Å². The van der Waals surface area contributed by atoms with Crippen LogP contribution in [0.15, 0.2) is 8.95 Å². The predicted molar refractivity (Wildman–Crippen MR) is 116 cm³/mol. The molecule has 0 aromatic carbocycles. The molecule has 21 heavy (non-hydrogen) atoms. The molecule has 0 aliphatic carbocycles. The van der Waals surface area contributed by atoms with Gasteiger partial charge in [-0.05, 0) is 31.9 Å². The smallest absolute Gasteiger partial charge is 0.0920 e. The summed E-state index contributed by atoms with van der Waals surface area (Å²) in [6.45, 7) is 14.6. The molecule has 0 N–H and O–H groups in total. The Morgan fingerprint density at radius 1 is 0.619 bits per heavy atom. The van der Waals surface area contributed by atoms with Gasteiger partial charge in [-0.3, -0.25) is 0 Å². The van der Waals surface area contributed by atoms with Crippen molar-refractivity contribution in [2.24, 2.45) is 0 Å². The largest absolute Gasteiger partial charge is 0.133 e. The number of fused-ring (bicyclic) bond motifs is 3. The summed E-state index contributed by atoms with van der Waals surface area (Å²) in [5.74, 6) is 0. The molecule has 0 saturated carbocycles. The second-order valence-electron chi connectivity index (χ2n) is 7.42. The first-order valence-electron chi connectivity index (χ1n) is 6.85. The van der Waals surface area contributed by atoms with Crippen molar-refractivity contribution in [3.63, 3.8) is 0 Å². The van der Waals surface area contributed by atoms with E-state index in [0.717, 1.165) is 0 Å². The number of thiophene rings is 3. The average molecular weight is 498 g/mol. The van der Waals surface area contributed by atoms with Gasteiger partial charge >= 0.3 is 0 Å². The third-order valence-corrected chi connectivity index (χ3v) is 17.2. The van der Waals surface area contributed by atoms with E-state index < -0.39 is 16.1 Å². The first kappa shape index (κ1) is 16.9. The van der Waals surface area contributed by atoms with Crippen LogP contribution in [0.5, 0.6) is 0 Å². The number of halogens is 2. The van der Waals surface area contributed by atoms with Crippen LogP contribution in [0.3, 0.4) is 0 Å². The van der Waals surface area contributed by atoms with Crippen molar-refractivity contribution in [2.75, 3.05) is 0 Å². The summed E-state index contributed by atoms with van der Waals surface area (Å²) >= 11 is 13.9. The molecule has 3 aromatic heterocycles. The van der Waals surface area contributed by atoms with Gasteiger partial charge in [0.15, 0.2) is 0 Å². The van der Waals surface area contributed by atoms with Crippen LogP contribution in [-0.2, 0) is 0 Å². The summed E-state index contributed by atoms with van der Waals surface area (Å²) < 4.78 is 8.91. The third kappa shape index (κ3) is 2.70. The molecular weight excluding hydrogens is 480 g/mol. The fourth-order valence-electron chi connectivity index (χ4n) is 2.40. The van der Waals surface area contributed by atoms with Gasteiger partial charge in [0.1, 0.15) is 0 Å². The van der Waals surface area contributed by atoms with Crippen LogP contribution in [0.25, 0.3) is 18.8 Å². The topological polar surface area (TPSA) is 0 Å². The van der Waals surface area contributed by atoms with Gasteiger partial charge in [-0.15, -0.1) is 34.0 Å². The highest BCUT2D eigenvalue weighted by molar-refractivity contribution is 9.11. The van der Waals surface area contributed by atoms with Crippen LogP contribution in [0.2, 0.25) is 39.3 Å². The standard InChI is InChI=1S/C14H18Br2S3Si2/c1-20(2,3)13-9(15)7-8-10(16)14(21(4,5)6)19-12(8)17-11(7)18-13/h1-6H3. The second kappa shape index (κ2) is 5.26. The van der Waals surface area contributed by atoms with E-state index in [1.54, 1.807) is 9.00 Å². The maximum Gasteiger partial charge on any atom is 0.0920 e. The predicted octanol–water partition coefficient (Wildman–Crippen LogP) is 6.79. The zero-order valence-corrected chi connectivity index (χ0v) is 20.6. The van der Waals surface area contributed by atoms with Crippen LogP contribution in [-0.4, -0.2) is 16.1 Å². The highest BCUT2D eigenvalue weighted by Crippen LogP contribution is 2.47. The van der Waals surface area contributed by atoms with Gasteiger partial charge < -0.3 is 0 Å². The summed E-state index contributed by atoms with van der Waals surface area (Å²) in [5, 5.41) is 2.93. The highest BCUT2D eigenvalue weighted by atomic mass is 79.9. The molecule has 0 bridgehead atoms. The van der Waals surface area contributed by atoms with Crippen molar-refractivity contribution in [2.45, 2.75) is 39.3 Å². The molecule has 114 valence electrons. The molecule has 0 nitrogen and oxygen atoms in total. The van der Waals surface area contributed by atoms with Crippen molar-refractivity contribution in [3.8, 4) is 0 Å². The molecule has 0 atom stereocenters. The minimum atomic E-state index is -1.28. The zero-order valence-electron chi connectivity index (χ0n) is 13.0. The van der Waals surface area contributed by atoms with Crippen LogP contribution < -0.4 is 9.00 Å². The Kier molecular flexibility index (Phi) is 4.22. The van der Waals surface area contributed by atoms with E-state index in [0.29, 0.717) is 0 Å². The molecule has 0 saturated heterocycles. The van der Waals surface area contributed by atoms with E-state index in [2.05, 4.69) is 71.1 Å². The summed E-state index contributed by atoms with van der Waals surface area (Å²) in [6.07, 6.45) is 0. The molecule has 0 fully saturated rings. The molecule has 3 heterocycles. The minimum Gasteiger partial charge on any atom is -0.133 e. The SMILES string of the molecule is C[Si](C)(C)c1sc2sc3sc([Si](C)(C)C)c(Br)c3c2c1Br. The van der Waals surface area contributed by atoms with Crippen molar-refractivity contribution < 1.29 is 0 Å². The van der Waals surface area contributed by atoms with E-state index in [9.17, 15) is 0 Å². The highest BCUT2D eigenvalue weighted by Gasteiger charge is 2.30. The fourth-order valence-corrected chi connectivity index (χ4v) is 16.5. The second-order valence-corrected chi connectivity index (χ2v) is 23.3. The molecule has 0 amide bonds. The Morgan fingerprint density at radius 3 is 1.24 bits per heavy atom. The van der Waals surface area contributed by atoms with Crippen LogP contribution >= 0.6 is 65.9 Å². The van der Waals surface area contributed by atoms with E-state index in [1.165, 1.54) is 27.7 Å². The van der Waals surface area contributed by atoms with Gasteiger partial charge in [-0.1, -0.05) is 39.3 Å². The molecule has 7 heteroatoms. The lowest BCUT2D eigenvalue weighted by Gasteiger charge is -2.14. The lowest BCUT2D eigenvalue weighted by molar-refractivity contribution is 1.77. The number of hydrogen-bond acceptors (Lipinski definition) is 3. The molecule has 0 spiro atoms. The Hall–Kier alpha value is 1.01. The van der Waals surface area contributed by atoms with Crippen LogP contribution in [0.1, 0.15) is 0 Å². The first-order chi connectivity index (χ1) is 9.51. The molecule has 3 rings (SSSR count). The van der Waals surface area contributed by atoms with Gasteiger partial charge in [0.2, 0.25) is 0 Å². The number of rotatable bonds is 2. The normalized spacial score (nSPS) is 13.7. The van der Waals surface area contributed by atoms with E-state index >= 15 is 0 Å². The Bertz CT molecular complexity index is 775. The van der Waals surface area contributed by atoms with E-state index in [1.807, 2.05) is 34.0 Å². The fraction of sp³-hybridized carbons (Fsp3) is 0.429. The van der Waals surface area contributed by atoms with Crippen molar-refractivity contribution >= 4 is 110 Å². The minimum absolute atomic E-state index is 1.28. The van der Waals surface area contributed by atoms with Crippen LogP contribution in [0.4, 0.5) is 0 Å². The van der Waals surface area contributed by atoms with Gasteiger partial charge in [0.05, 0.1) is 24.2 Å². The monoisotopic (exact) mass is 496 g/mol. The molecule has 0 aliphatic heterocycles. The summed E-state index contributed by atoms with van der Waals surface area (Å²) in [4.78, 5) is 0. The lowest BCUT2D eigenvalue weighted by Crippen LogP contribution is -2.36.